The highest BCUT2D eigenvalue weighted by Gasteiger charge is 2.33. The van der Waals surface area contributed by atoms with E-state index in [1.54, 1.807) is 6.20 Å². The summed E-state index contributed by atoms with van der Waals surface area (Å²) in [4.78, 5) is 15.8. The largest absolute Gasteiger partial charge is 0.492 e. The smallest absolute Gasteiger partial charge is 0.335 e. The summed E-state index contributed by atoms with van der Waals surface area (Å²) in [6, 6.07) is 18.7. The van der Waals surface area contributed by atoms with Crippen LogP contribution in [0.2, 0.25) is 0 Å². The van der Waals surface area contributed by atoms with Crippen LogP contribution >= 0.6 is 0 Å². The van der Waals surface area contributed by atoms with E-state index < -0.39 is 16.0 Å². The normalized spacial score (nSPS) is 14.3. The van der Waals surface area contributed by atoms with Gasteiger partial charge in [-0.3, -0.25) is 0 Å². The molecule has 8 heteroatoms. The fourth-order valence-electron chi connectivity index (χ4n) is 4.57. The number of benzene rings is 3. The maximum Gasteiger partial charge on any atom is 0.335 e. The van der Waals surface area contributed by atoms with E-state index in [2.05, 4.69) is 18.8 Å². The van der Waals surface area contributed by atoms with Gasteiger partial charge < -0.3 is 9.84 Å². The number of carbonyl (C=O) groups is 1. The van der Waals surface area contributed by atoms with Gasteiger partial charge in [-0.1, -0.05) is 50.2 Å². The summed E-state index contributed by atoms with van der Waals surface area (Å²) in [6.45, 7) is 6.67. The number of aryl methyl sites for hydroxylation is 1. The van der Waals surface area contributed by atoms with Gasteiger partial charge in [-0.2, -0.15) is 0 Å². The molecule has 0 fully saturated rings. The topological polar surface area (TPSA) is 96.8 Å². The van der Waals surface area contributed by atoms with Gasteiger partial charge in [-0.15, -0.1) is 0 Å². The van der Waals surface area contributed by atoms with Crippen molar-refractivity contribution < 1.29 is 23.1 Å². The van der Waals surface area contributed by atoms with Crippen LogP contribution < -0.4 is 9.04 Å². The summed E-state index contributed by atoms with van der Waals surface area (Å²) in [5.74, 6) is -0.0504. The van der Waals surface area contributed by atoms with Gasteiger partial charge in [0, 0.05) is 28.1 Å². The molecule has 3 aromatic carbocycles. The van der Waals surface area contributed by atoms with E-state index in [1.165, 1.54) is 28.6 Å². The lowest BCUT2D eigenvalue weighted by Gasteiger charge is -2.26. The van der Waals surface area contributed by atoms with E-state index in [1.807, 2.05) is 49.4 Å². The van der Waals surface area contributed by atoms with Crippen molar-refractivity contribution in [3.63, 3.8) is 0 Å². The molecular weight excluding hydrogens is 476 g/mol. The maximum absolute atomic E-state index is 14.0. The van der Waals surface area contributed by atoms with Crippen LogP contribution in [-0.4, -0.2) is 31.1 Å². The molecule has 0 amide bonds. The predicted octanol–water partition coefficient (Wildman–Crippen LogP) is 5.31. The molecule has 1 aliphatic heterocycles. The average Bonchev–Trinajstić information content (AvgIpc) is 3.17. The van der Waals surface area contributed by atoms with Crippen LogP contribution in [-0.2, 0) is 22.0 Å². The molecule has 0 spiro atoms. The number of aromatic nitrogens is 1. The highest BCUT2D eigenvalue weighted by Crippen LogP contribution is 2.39. The summed E-state index contributed by atoms with van der Waals surface area (Å²) in [5.41, 5.74) is 2.48. The molecule has 0 aliphatic carbocycles. The third-order valence-electron chi connectivity index (χ3n) is 6.64. The summed E-state index contributed by atoms with van der Waals surface area (Å²) >= 11 is 0. The number of fused-ring (bicyclic) bond motifs is 2. The zero-order valence-corrected chi connectivity index (χ0v) is 21.0. The second-order valence-corrected chi connectivity index (χ2v) is 11.5. The van der Waals surface area contributed by atoms with Gasteiger partial charge >= 0.3 is 5.97 Å². The van der Waals surface area contributed by atoms with Crippen LogP contribution in [0.25, 0.3) is 10.8 Å². The lowest BCUT2D eigenvalue weighted by atomic mass is 9.86. The molecule has 0 unspecified atom stereocenters. The van der Waals surface area contributed by atoms with Crippen LogP contribution in [0.1, 0.15) is 40.9 Å². The molecule has 0 saturated carbocycles. The molecule has 0 saturated heterocycles. The van der Waals surface area contributed by atoms with Crippen LogP contribution in [0.4, 0.5) is 5.82 Å². The highest BCUT2D eigenvalue weighted by atomic mass is 32.2. The number of sulfonamides is 1. The summed E-state index contributed by atoms with van der Waals surface area (Å²) in [6.07, 6.45) is 1.67. The summed E-state index contributed by atoms with van der Waals surface area (Å²) in [7, 11) is -4.09. The van der Waals surface area contributed by atoms with E-state index in [-0.39, 0.29) is 22.4 Å². The Hall–Kier alpha value is -3.91. The first-order chi connectivity index (χ1) is 17.1. The Kier molecular flexibility index (Phi) is 5.71. The molecule has 184 valence electrons. The van der Waals surface area contributed by atoms with Crippen molar-refractivity contribution >= 4 is 32.6 Å². The van der Waals surface area contributed by atoms with Crippen molar-refractivity contribution in [3.05, 3.63) is 95.2 Å². The van der Waals surface area contributed by atoms with E-state index in [0.29, 0.717) is 12.4 Å². The zero-order valence-electron chi connectivity index (χ0n) is 20.2. The molecule has 7 nitrogen and oxygen atoms in total. The number of pyridine rings is 1. The molecular formula is C28H26N2O5S. The number of carboxylic acid groups (broad SMARTS) is 1. The Bertz CT molecular complexity index is 1590. The van der Waals surface area contributed by atoms with Gasteiger partial charge in [0.25, 0.3) is 10.0 Å². The van der Waals surface area contributed by atoms with Crippen LogP contribution in [0.5, 0.6) is 5.75 Å². The Morgan fingerprint density at radius 2 is 1.81 bits per heavy atom. The Labute approximate surface area is 210 Å². The third-order valence-corrected chi connectivity index (χ3v) is 8.39. The van der Waals surface area contributed by atoms with Crippen LogP contribution in [0.15, 0.2) is 77.8 Å². The van der Waals surface area contributed by atoms with Crippen molar-refractivity contribution in [2.24, 2.45) is 0 Å². The van der Waals surface area contributed by atoms with Crippen molar-refractivity contribution in [3.8, 4) is 5.75 Å². The van der Waals surface area contributed by atoms with Crippen molar-refractivity contribution in [1.29, 1.82) is 0 Å². The molecule has 4 aromatic rings. The second kappa shape index (κ2) is 8.64. The molecule has 1 aliphatic rings. The van der Waals surface area contributed by atoms with Gasteiger partial charge in [-0.25, -0.2) is 22.5 Å². The number of hydrogen-bond acceptors (Lipinski definition) is 5. The predicted molar refractivity (Wildman–Crippen MR) is 138 cm³/mol. The molecule has 1 N–H and O–H groups in total. The number of anilines is 1. The number of rotatable bonds is 6. The second-order valence-electron chi connectivity index (χ2n) is 9.64. The molecule has 0 bridgehead atoms. The van der Waals surface area contributed by atoms with E-state index in [4.69, 9.17) is 4.74 Å². The number of aromatic carboxylic acids is 1. The van der Waals surface area contributed by atoms with E-state index in [0.717, 1.165) is 33.2 Å². The molecule has 36 heavy (non-hydrogen) atoms. The fourth-order valence-corrected chi connectivity index (χ4v) is 6.03. The van der Waals surface area contributed by atoms with Crippen molar-refractivity contribution in [2.75, 3.05) is 10.9 Å². The summed E-state index contributed by atoms with van der Waals surface area (Å²) in [5, 5.41) is 11.0. The molecule has 5 rings (SSSR count). The van der Waals surface area contributed by atoms with Crippen molar-refractivity contribution in [2.45, 2.75) is 37.6 Å². The average molecular weight is 503 g/mol. The van der Waals surface area contributed by atoms with Gasteiger partial charge in [0.1, 0.15) is 11.6 Å². The number of hydrogen-bond donors (Lipinski definition) is 1. The lowest BCUT2D eigenvalue weighted by molar-refractivity contribution is 0.0696. The molecule has 0 radical (unpaired) electrons. The van der Waals surface area contributed by atoms with Gasteiger partial charge in [0.15, 0.2) is 0 Å². The molecule has 1 aromatic heterocycles. The minimum atomic E-state index is -4.09. The monoisotopic (exact) mass is 502 g/mol. The minimum Gasteiger partial charge on any atom is -0.492 e. The Morgan fingerprint density at radius 3 is 2.53 bits per heavy atom. The first-order valence-electron chi connectivity index (χ1n) is 11.5. The van der Waals surface area contributed by atoms with Gasteiger partial charge in [0.05, 0.1) is 23.6 Å². The molecule has 0 atom stereocenters. The fraction of sp³-hybridized carbons (Fsp3) is 0.214. The summed E-state index contributed by atoms with van der Waals surface area (Å²) < 4.78 is 35.1. The first kappa shape index (κ1) is 23.8. The Balaban J connectivity index is 1.63. The van der Waals surface area contributed by atoms with E-state index >= 15 is 0 Å². The standard InChI is InChI=1S/C28H26N2O5S/c1-18-23-7-5-4-6-21(23)15-29-26(18)30(36(33,34)22-11-9-20(10-12-22)27(31)32)16-19-8-13-24-25(14-19)35-17-28(24,2)3/h4-15H,16-17H2,1-3H3,(H,31,32). The quantitative estimate of drug-likeness (QED) is 0.384. The van der Waals surface area contributed by atoms with Crippen LogP contribution in [0.3, 0.4) is 0 Å². The lowest BCUT2D eigenvalue weighted by Crippen LogP contribution is -2.32. The van der Waals surface area contributed by atoms with E-state index in [9.17, 15) is 18.3 Å². The molecule has 2 heterocycles. The van der Waals surface area contributed by atoms with Crippen LogP contribution in [0, 0.1) is 6.92 Å². The SMILES string of the molecule is Cc1c(N(Cc2ccc3c(c2)OCC3(C)C)S(=O)(=O)c2ccc(C(=O)O)cc2)ncc2ccccc12. The maximum atomic E-state index is 14.0. The highest BCUT2D eigenvalue weighted by molar-refractivity contribution is 7.92. The van der Waals surface area contributed by atoms with Crippen molar-refractivity contribution in [1.82, 2.24) is 4.98 Å². The van der Waals surface area contributed by atoms with Gasteiger partial charge in [-0.05, 0) is 48.2 Å². The number of nitrogens with zero attached hydrogens (tertiary/aromatic N) is 2. The van der Waals surface area contributed by atoms with Gasteiger partial charge in [0.2, 0.25) is 0 Å². The Morgan fingerprint density at radius 1 is 1.08 bits per heavy atom. The zero-order chi connectivity index (χ0) is 25.7. The first-order valence-corrected chi connectivity index (χ1v) is 13.0. The number of ether oxygens (including phenoxy) is 1. The third kappa shape index (κ3) is 4.07. The minimum absolute atomic E-state index is 0.0129. The number of carboxylic acids is 1.